The average molecular weight is 437 g/mol. The van der Waals surface area contributed by atoms with E-state index in [1.807, 2.05) is 0 Å². The van der Waals surface area contributed by atoms with Crippen molar-refractivity contribution in [1.82, 2.24) is 9.97 Å². The zero-order valence-corrected chi connectivity index (χ0v) is 16.8. The molecular weight excluding hydrogens is 420 g/mol. The number of esters is 1. The number of pyridine rings is 1. The van der Waals surface area contributed by atoms with Crippen LogP contribution in [0.5, 0.6) is 0 Å². The van der Waals surface area contributed by atoms with Crippen molar-refractivity contribution >= 4 is 39.7 Å². The van der Waals surface area contributed by atoms with Gasteiger partial charge >= 0.3 is 5.97 Å². The van der Waals surface area contributed by atoms with Crippen LogP contribution in [0.4, 0.5) is 14.5 Å². The summed E-state index contributed by atoms with van der Waals surface area (Å²) in [4.78, 5) is 31.5. The summed E-state index contributed by atoms with van der Waals surface area (Å²) < 4.78 is 56.1. The fraction of sp³-hybridized carbons (Fsp3) is 0.211. The van der Waals surface area contributed by atoms with Gasteiger partial charge in [-0.25, -0.2) is 22.8 Å². The van der Waals surface area contributed by atoms with Crippen LogP contribution >= 0.6 is 0 Å². The molecule has 0 amide bonds. The summed E-state index contributed by atoms with van der Waals surface area (Å²) in [5, 5.41) is 0.170. The third-order valence-corrected chi connectivity index (χ3v) is 5.13. The van der Waals surface area contributed by atoms with Crippen LogP contribution in [-0.4, -0.2) is 44.1 Å². The van der Waals surface area contributed by atoms with E-state index in [1.54, 1.807) is 6.92 Å². The number of ketones is 1. The molecule has 1 aromatic carbocycles. The van der Waals surface area contributed by atoms with E-state index in [9.17, 15) is 22.7 Å². The molecule has 0 fully saturated rings. The van der Waals surface area contributed by atoms with Crippen molar-refractivity contribution in [3.8, 4) is 0 Å². The Bertz CT molecular complexity index is 1160. The van der Waals surface area contributed by atoms with Gasteiger partial charge in [-0.05, 0) is 24.6 Å². The van der Waals surface area contributed by atoms with Crippen LogP contribution in [0, 0.1) is 11.6 Å². The maximum atomic E-state index is 15.1. The first-order chi connectivity index (χ1) is 14.3. The number of benzene rings is 1. The number of hydrogen-bond acceptors (Lipinski definition) is 5. The second-order valence-electron chi connectivity index (χ2n) is 6.23. The molecule has 1 unspecified atom stereocenters. The van der Waals surface area contributed by atoms with Crippen molar-refractivity contribution < 1.29 is 31.9 Å². The average Bonchev–Trinajstić information content (AvgIpc) is 3.15. The quantitative estimate of drug-likeness (QED) is 0.333. The molecule has 0 saturated heterocycles. The van der Waals surface area contributed by atoms with Crippen LogP contribution in [0.3, 0.4) is 0 Å². The highest BCUT2D eigenvalue weighted by atomic mass is 32.2. The lowest BCUT2D eigenvalue weighted by molar-refractivity contribution is 0.0600. The minimum Gasteiger partial charge on any atom is -0.465 e. The number of nitrogens with one attached hydrogen (secondary N) is 1. The van der Waals surface area contributed by atoms with E-state index >= 15 is 4.39 Å². The number of rotatable bonds is 7. The van der Waals surface area contributed by atoms with Gasteiger partial charge in [-0.3, -0.25) is 13.7 Å². The van der Waals surface area contributed by atoms with Gasteiger partial charge in [0.1, 0.15) is 11.5 Å². The lowest BCUT2D eigenvalue weighted by atomic mass is 10.0. The van der Waals surface area contributed by atoms with Crippen LogP contribution in [0.25, 0.3) is 11.0 Å². The number of carbonyl (C=O) groups is 2. The smallest absolute Gasteiger partial charge is 0.339 e. The number of nitrogens with zero attached hydrogens (tertiary/aromatic N) is 2. The van der Waals surface area contributed by atoms with Crippen LogP contribution in [0.15, 0.2) is 30.6 Å². The molecule has 3 aromatic rings. The van der Waals surface area contributed by atoms with E-state index in [-0.39, 0.29) is 34.4 Å². The van der Waals surface area contributed by atoms with Crippen molar-refractivity contribution in [2.45, 2.75) is 13.3 Å². The van der Waals surface area contributed by atoms with Crippen LogP contribution < -0.4 is 4.31 Å². The Kier molecular flexibility index (Phi) is 6.22. The SMILES string of the molecule is CCCN(c1ccc(F)c(C(=O)c2c[nH]c3ncc(C(=O)OC)cc23)c1F)S(=O)O. The van der Waals surface area contributed by atoms with Crippen LogP contribution in [-0.2, 0) is 16.0 Å². The summed E-state index contributed by atoms with van der Waals surface area (Å²) in [6, 6.07) is 3.18. The van der Waals surface area contributed by atoms with Crippen molar-refractivity contribution in [2.75, 3.05) is 18.0 Å². The Hall–Kier alpha value is -3.18. The molecule has 1 atom stereocenters. The topological polar surface area (TPSA) is 113 Å². The molecule has 2 N–H and O–H groups in total. The maximum absolute atomic E-state index is 15.1. The highest BCUT2D eigenvalue weighted by Gasteiger charge is 2.27. The molecule has 0 radical (unpaired) electrons. The second-order valence-corrected chi connectivity index (χ2v) is 7.13. The van der Waals surface area contributed by atoms with Crippen LogP contribution in [0.2, 0.25) is 0 Å². The van der Waals surface area contributed by atoms with E-state index in [1.165, 1.54) is 25.6 Å². The molecule has 11 heteroatoms. The first-order valence-electron chi connectivity index (χ1n) is 8.76. The third kappa shape index (κ3) is 3.81. The van der Waals surface area contributed by atoms with Gasteiger partial charge in [-0.1, -0.05) is 6.92 Å². The van der Waals surface area contributed by atoms with Gasteiger partial charge in [0.05, 0.1) is 23.9 Å². The number of fused-ring (bicyclic) bond motifs is 1. The molecule has 3 rings (SSSR count). The van der Waals surface area contributed by atoms with Crippen LogP contribution in [0.1, 0.15) is 39.6 Å². The Morgan fingerprint density at radius 3 is 2.70 bits per heavy atom. The molecule has 0 bridgehead atoms. The first kappa shape index (κ1) is 21.5. The monoisotopic (exact) mass is 437 g/mol. The summed E-state index contributed by atoms with van der Waals surface area (Å²) in [5.41, 5.74) is -1.10. The molecule has 30 heavy (non-hydrogen) atoms. The predicted molar refractivity (Wildman–Crippen MR) is 106 cm³/mol. The highest BCUT2D eigenvalue weighted by Crippen LogP contribution is 2.29. The van der Waals surface area contributed by atoms with Gasteiger partial charge in [0.15, 0.2) is 5.82 Å². The van der Waals surface area contributed by atoms with E-state index in [0.717, 1.165) is 16.4 Å². The lowest BCUT2D eigenvalue weighted by Crippen LogP contribution is -2.27. The summed E-state index contributed by atoms with van der Waals surface area (Å²) in [7, 11) is 1.18. The molecule has 158 valence electrons. The fourth-order valence-corrected chi connectivity index (χ4v) is 3.63. The fourth-order valence-electron chi connectivity index (χ4n) is 2.98. The molecule has 0 aliphatic carbocycles. The van der Waals surface area contributed by atoms with Crippen molar-refractivity contribution in [2.24, 2.45) is 0 Å². The number of carbonyl (C=O) groups excluding carboxylic acids is 2. The molecular formula is C19H17F2N3O5S. The van der Waals surface area contributed by atoms with Crippen molar-refractivity contribution in [3.05, 3.63) is 58.9 Å². The van der Waals surface area contributed by atoms with Gasteiger partial charge in [0, 0.05) is 29.9 Å². The molecule has 0 spiro atoms. The molecule has 2 heterocycles. The molecule has 0 saturated carbocycles. The zero-order valence-electron chi connectivity index (χ0n) is 15.9. The number of methoxy groups -OCH3 is 1. The Morgan fingerprint density at radius 2 is 2.07 bits per heavy atom. The van der Waals surface area contributed by atoms with Crippen molar-refractivity contribution in [3.63, 3.8) is 0 Å². The summed E-state index contributed by atoms with van der Waals surface area (Å²) in [5.74, 6) is -4.10. The Morgan fingerprint density at radius 1 is 1.33 bits per heavy atom. The standard InChI is InChI=1S/C19H17F2N3O5S/c1-3-6-24(30(27)28)14-5-4-13(20)15(16(14)21)17(25)12-9-23-18-11(12)7-10(8-22-18)19(26)29-2/h4-5,7-9H,3,6H2,1-2H3,(H,22,23)(H,27,28). The lowest BCUT2D eigenvalue weighted by Gasteiger charge is -2.20. The molecule has 2 aromatic heterocycles. The minimum atomic E-state index is -2.57. The number of aromatic nitrogens is 2. The van der Waals surface area contributed by atoms with E-state index in [4.69, 9.17) is 0 Å². The molecule has 0 aliphatic rings. The van der Waals surface area contributed by atoms with E-state index in [0.29, 0.717) is 6.42 Å². The predicted octanol–water partition coefficient (Wildman–Crippen LogP) is 3.21. The van der Waals surface area contributed by atoms with Gasteiger partial charge in [-0.2, -0.15) is 0 Å². The highest BCUT2D eigenvalue weighted by molar-refractivity contribution is 7.80. The van der Waals surface area contributed by atoms with Crippen molar-refractivity contribution in [1.29, 1.82) is 0 Å². The Labute approximate surface area is 172 Å². The summed E-state index contributed by atoms with van der Waals surface area (Å²) >= 11 is -2.57. The first-order valence-corrected chi connectivity index (χ1v) is 9.83. The number of aromatic amines is 1. The van der Waals surface area contributed by atoms with Gasteiger partial charge in [0.2, 0.25) is 5.78 Å². The van der Waals surface area contributed by atoms with Gasteiger partial charge < -0.3 is 9.72 Å². The third-order valence-electron chi connectivity index (χ3n) is 4.38. The van der Waals surface area contributed by atoms with Gasteiger partial charge in [-0.15, -0.1) is 0 Å². The number of hydrogen-bond donors (Lipinski definition) is 2. The zero-order chi connectivity index (χ0) is 22.0. The summed E-state index contributed by atoms with van der Waals surface area (Å²) in [6.07, 6.45) is 2.87. The minimum absolute atomic E-state index is 0.0127. The van der Waals surface area contributed by atoms with E-state index in [2.05, 4.69) is 14.7 Å². The number of anilines is 1. The second kappa shape index (κ2) is 8.67. The molecule has 8 nitrogen and oxygen atoms in total. The Balaban J connectivity index is 2.14. The van der Waals surface area contributed by atoms with E-state index < -0.39 is 40.2 Å². The normalized spacial score (nSPS) is 12.0. The number of H-pyrrole nitrogens is 1. The summed E-state index contributed by atoms with van der Waals surface area (Å²) in [6.45, 7) is 1.73. The molecule has 0 aliphatic heterocycles. The number of ether oxygens (including phenoxy) is 1. The van der Waals surface area contributed by atoms with Gasteiger partial charge in [0.25, 0.3) is 11.3 Å². The maximum Gasteiger partial charge on any atom is 0.339 e. The largest absolute Gasteiger partial charge is 0.465 e. The number of halogens is 2.